The van der Waals surface area contributed by atoms with Gasteiger partial charge >= 0.3 is 0 Å². The predicted molar refractivity (Wildman–Crippen MR) is 103 cm³/mol. The number of methoxy groups -OCH3 is 1. The number of amides is 1. The zero-order chi connectivity index (χ0) is 18.8. The number of hydrogen-bond donors (Lipinski definition) is 1. The van der Waals surface area contributed by atoms with E-state index in [0.717, 1.165) is 17.9 Å². The maximum Gasteiger partial charge on any atom is 0.234 e. The SMILES string of the molecule is COCCOc1cccc(CNC(=O)CN(C)Cc2ccccc2C)c1. The molecule has 2 aromatic rings. The maximum atomic E-state index is 12.2. The van der Waals surface area contributed by atoms with E-state index in [9.17, 15) is 4.79 Å². The molecule has 0 unspecified atom stereocenters. The fourth-order valence-corrected chi connectivity index (χ4v) is 2.62. The second-order valence-electron chi connectivity index (χ2n) is 6.36. The van der Waals surface area contributed by atoms with Crippen molar-refractivity contribution >= 4 is 5.91 Å². The van der Waals surface area contributed by atoms with Gasteiger partial charge in [0.1, 0.15) is 12.4 Å². The van der Waals surface area contributed by atoms with E-state index in [1.54, 1.807) is 7.11 Å². The standard InChI is InChI=1S/C21H28N2O3/c1-17-7-4-5-9-19(17)15-23(2)16-21(24)22-14-18-8-6-10-20(13-18)26-12-11-25-3/h4-10,13H,11-12,14-16H2,1-3H3,(H,22,24). The lowest BCUT2D eigenvalue weighted by Gasteiger charge is -2.17. The Bertz CT molecular complexity index is 703. The Morgan fingerprint density at radius 1 is 1.12 bits per heavy atom. The first-order valence-electron chi connectivity index (χ1n) is 8.79. The van der Waals surface area contributed by atoms with Crippen LogP contribution in [-0.2, 0) is 22.6 Å². The highest BCUT2D eigenvalue weighted by molar-refractivity contribution is 5.78. The van der Waals surface area contributed by atoms with E-state index in [1.165, 1.54) is 11.1 Å². The first kappa shape index (κ1) is 19.9. The molecule has 0 atom stereocenters. The molecule has 26 heavy (non-hydrogen) atoms. The molecule has 5 heteroatoms. The van der Waals surface area contributed by atoms with Gasteiger partial charge in [0.15, 0.2) is 0 Å². The Morgan fingerprint density at radius 2 is 1.92 bits per heavy atom. The third-order valence-electron chi connectivity index (χ3n) is 4.06. The Labute approximate surface area is 155 Å². The number of nitrogens with zero attached hydrogens (tertiary/aromatic N) is 1. The van der Waals surface area contributed by atoms with Gasteiger partial charge in [-0.05, 0) is 42.8 Å². The van der Waals surface area contributed by atoms with Gasteiger partial charge in [-0.15, -0.1) is 0 Å². The van der Waals surface area contributed by atoms with Crippen LogP contribution in [0.3, 0.4) is 0 Å². The summed E-state index contributed by atoms with van der Waals surface area (Å²) in [4.78, 5) is 14.2. The molecule has 1 amide bonds. The molecular formula is C21H28N2O3. The smallest absolute Gasteiger partial charge is 0.234 e. The minimum atomic E-state index is 0.00629. The van der Waals surface area contributed by atoms with Crippen LogP contribution in [-0.4, -0.2) is 44.7 Å². The van der Waals surface area contributed by atoms with Crippen molar-refractivity contribution in [1.82, 2.24) is 10.2 Å². The number of benzene rings is 2. The molecule has 0 aliphatic carbocycles. The summed E-state index contributed by atoms with van der Waals surface area (Å²) in [6.07, 6.45) is 0. The van der Waals surface area contributed by atoms with E-state index in [4.69, 9.17) is 9.47 Å². The van der Waals surface area contributed by atoms with Gasteiger partial charge in [0, 0.05) is 20.2 Å². The highest BCUT2D eigenvalue weighted by Gasteiger charge is 2.08. The molecule has 0 bridgehead atoms. The van der Waals surface area contributed by atoms with Crippen LogP contribution in [0.1, 0.15) is 16.7 Å². The molecule has 1 N–H and O–H groups in total. The summed E-state index contributed by atoms with van der Waals surface area (Å²) in [5, 5.41) is 2.96. The predicted octanol–water partition coefficient (Wildman–Crippen LogP) is 2.77. The molecule has 0 aliphatic heterocycles. The second-order valence-corrected chi connectivity index (χ2v) is 6.36. The fourth-order valence-electron chi connectivity index (χ4n) is 2.62. The zero-order valence-corrected chi connectivity index (χ0v) is 15.8. The van der Waals surface area contributed by atoms with Crippen LogP contribution in [0.5, 0.6) is 5.75 Å². The van der Waals surface area contributed by atoms with Gasteiger partial charge in [0.05, 0.1) is 13.2 Å². The molecule has 0 heterocycles. The molecule has 140 valence electrons. The van der Waals surface area contributed by atoms with Gasteiger partial charge < -0.3 is 14.8 Å². The summed E-state index contributed by atoms with van der Waals surface area (Å²) < 4.78 is 10.6. The molecule has 0 spiro atoms. The number of ether oxygens (including phenoxy) is 2. The van der Waals surface area contributed by atoms with Crippen LogP contribution in [0.25, 0.3) is 0 Å². The highest BCUT2D eigenvalue weighted by atomic mass is 16.5. The van der Waals surface area contributed by atoms with Crippen LogP contribution in [0, 0.1) is 6.92 Å². The first-order valence-corrected chi connectivity index (χ1v) is 8.79. The van der Waals surface area contributed by atoms with Gasteiger partial charge in [-0.1, -0.05) is 36.4 Å². The summed E-state index contributed by atoms with van der Waals surface area (Å²) in [6, 6.07) is 16.0. The monoisotopic (exact) mass is 356 g/mol. The lowest BCUT2D eigenvalue weighted by atomic mass is 10.1. The molecular weight excluding hydrogens is 328 g/mol. The Hall–Kier alpha value is -2.37. The average molecular weight is 356 g/mol. The normalized spacial score (nSPS) is 10.8. The van der Waals surface area contributed by atoms with Crippen molar-refractivity contribution in [2.24, 2.45) is 0 Å². The van der Waals surface area contributed by atoms with Gasteiger partial charge in [0.25, 0.3) is 0 Å². The van der Waals surface area contributed by atoms with Crippen molar-refractivity contribution in [2.75, 3.05) is 33.9 Å². The topological polar surface area (TPSA) is 50.8 Å². The Balaban J connectivity index is 1.77. The minimum Gasteiger partial charge on any atom is -0.491 e. The number of nitrogens with one attached hydrogen (secondary N) is 1. The molecule has 5 nitrogen and oxygen atoms in total. The lowest BCUT2D eigenvalue weighted by molar-refractivity contribution is -0.122. The van der Waals surface area contributed by atoms with Crippen LogP contribution >= 0.6 is 0 Å². The van der Waals surface area contributed by atoms with E-state index in [-0.39, 0.29) is 5.91 Å². The lowest BCUT2D eigenvalue weighted by Crippen LogP contribution is -2.34. The van der Waals surface area contributed by atoms with Gasteiger partial charge in [0.2, 0.25) is 5.91 Å². The average Bonchev–Trinajstić information content (AvgIpc) is 2.62. The summed E-state index contributed by atoms with van der Waals surface area (Å²) in [5.74, 6) is 0.789. The minimum absolute atomic E-state index is 0.00629. The molecule has 0 aliphatic rings. The van der Waals surface area contributed by atoms with Crippen molar-refractivity contribution in [1.29, 1.82) is 0 Å². The van der Waals surface area contributed by atoms with E-state index in [1.807, 2.05) is 48.3 Å². The quantitative estimate of drug-likeness (QED) is 0.665. The van der Waals surface area contributed by atoms with Gasteiger partial charge in [-0.2, -0.15) is 0 Å². The maximum absolute atomic E-state index is 12.2. The van der Waals surface area contributed by atoms with Gasteiger partial charge in [-0.3, -0.25) is 9.69 Å². The third kappa shape index (κ3) is 6.86. The third-order valence-corrected chi connectivity index (χ3v) is 4.06. The molecule has 0 fully saturated rings. The van der Waals surface area contributed by atoms with Crippen molar-refractivity contribution in [2.45, 2.75) is 20.0 Å². The summed E-state index contributed by atoms with van der Waals surface area (Å²) in [6.45, 7) is 4.74. The number of likely N-dealkylation sites (N-methyl/N-ethyl adjacent to an activating group) is 1. The molecule has 0 saturated carbocycles. The number of carbonyl (C=O) groups excluding carboxylic acids is 1. The second kappa shape index (κ2) is 10.6. The van der Waals surface area contributed by atoms with Crippen molar-refractivity contribution in [3.63, 3.8) is 0 Å². The van der Waals surface area contributed by atoms with E-state index in [0.29, 0.717) is 26.3 Å². The van der Waals surface area contributed by atoms with Crippen LogP contribution in [0.2, 0.25) is 0 Å². The number of carbonyl (C=O) groups is 1. The van der Waals surface area contributed by atoms with Crippen molar-refractivity contribution in [3.8, 4) is 5.75 Å². The summed E-state index contributed by atoms with van der Waals surface area (Å²) in [5.41, 5.74) is 3.49. The van der Waals surface area contributed by atoms with Crippen molar-refractivity contribution in [3.05, 3.63) is 65.2 Å². The van der Waals surface area contributed by atoms with E-state index in [2.05, 4.69) is 24.4 Å². The van der Waals surface area contributed by atoms with Crippen molar-refractivity contribution < 1.29 is 14.3 Å². The molecule has 0 radical (unpaired) electrons. The van der Waals surface area contributed by atoms with Crippen LogP contribution in [0.15, 0.2) is 48.5 Å². The first-order chi connectivity index (χ1) is 12.6. The molecule has 0 aromatic heterocycles. The summed E-state index contributed by atoms with van der Waals surface area (Å²) in [7, 11) is 3.60. The fraction of sp³-hybridized carbons (Fsp3) is 0.381. The van der Waals surface area contributed by atoms with Gasteiger partial charge in [-0.25, -0.2) is 0 Å². The van der Waals surface area contributed by atoms with Crippen LogP contribution < -0.4 is 10.1 Å². The number of aryl methyl sites for hydroxylation is 1. The van der Waals surface area contributed by atoms with E-state index < -0.39 is 0 Å². The summed E-state index contributed by atoms with van der Waals surface area (Å²) >= 11 is 0. The number of rotatable bonds is 10. The zero-order valence-electron chi connectivity index (χ0n) is 15.8. The number of hydrogen-bond acceptors (Lipinski definition) is 4. The largest absolute Gasteiger partial charge is 0.491 e. The molecule has 2 aromatic carbocycles. The Kier molecular flexibility index (Phi) is 8.12. The molecule has 0 saturated heterocycles. The Morgan fingerprint density at radius 3 is 2.69 bits per heavy atom. The van der Waals surface area contributed by atoms with E-state index >= 15 is 0 Å². The van der Waals surface area contributed by atoms with Crippen LogP contribution in [0.4, 0.5) is 0 Å². The molecule has 2 rings (SSSR count). The highest BCUT2D eigenvalue weighted by Crippen LogP contribution is 2.13.